The van der Waals surface area contributed by atoms with E-state index in [0.717, 1.165) is 38.4 Å². The summed E-state index contributed by atoms with van der Waals surface area (Å²) in [5.41, 5.74) is 6.40. The van der Waals surface area contributed by atoms with Crippen molar-refractivity contribution in [3.63, 3.8) is 0 Å². The number of nitrogens with zero attached hydrogens (tertiary/aromatic N) is 3. The van der Waals surface area contributed by atoms with Gasteiger partial charge in [-0.3, -0.25) is 4.68 Å². The van der Waals surface area contributed by atoms with Gasteiger partial charge < -0.3 is 15.8 Å². The van der Waals surface area contributed by atoms with Crippen molar-refractivity contribution in [1.29, 1.82) is 0 Å². The molecule has 1 unspecified atom stereocenters. The zero-order chi connectivity index (χ0) is 11.9. The Bertz CT molecular complexity index is 321. The van der Waals surface area contributed by atoms with Crippen LogP contribution in [-0.2, 0) is 17.8 Å². The third-order valence-electron chi connectivity index (χ3n) is 2.90. The molecule has 1 atom stereocenters. The Hall–Kier alpha value is -0.980. The summed E-state index contributed by atoms with van der Waals surface area (Å²) in [4.78, 5) is 0. The van der Waals surface area contributed by atoms with E-state index in [1.54, 1.807) is 4.68 Å². The molecule has 2 rings (SSSR count). The van der Waals surface area contributed by atoms with Crippen molar-refractivity contribution in [3.05, 3.63) is 11.9 Å². The van der Waals surface area contributed by atoms with E-state index < -0.39 is 0 Å². The zero-order valence-corrected chi connectivity index (χ0v) is 10.1. The first kappa shape index (κ1) is 12.5. The molecule has 1 saturated heterocycles. The van der Waals surface area contributed by atoms with E-state index in [0.29, 0.717) is 12.6 Å². The van der Waals surface area contributed by atoms with E-state index in [2.05, 4.69) is 15.6 Å². The number of rotatable bonds is 6. The third-order valence-corrected chi connectivity index (χ3v) is 2.90. The first-order valence-corrected chi connectivity index (χ1v) is 6.30. The maximum Gasteiger partial charge on any atom is 0.0964 e. The molecule has 17 heavy (non-hydrogen) atoms. The molecule has 1 fully saturated rings. The number of nitrogens with one attached hydrogen (secondary N) is 1. The van der Waals surface area contributed by atoms with Crippen LogP contribution in [0.4, 0.5) is 0 Å². The highest BCUT2D eigenvalue weighted by molar-refractivity contribution is 4.91. The highest BCUT2D eigenvalue weighted by Gasteiger charge is 2.13. The lowest BCUT2D eigenvalue weighted by Gasteiger charge is -2.22. The van der Waals surface area contributed by atoms with Gasteiger partial charge in [-0.25, -0.2) is 0 Å². The van der Waals surface area contributed by atoms with Crippen molar-refractivity contribution in [1.82, 2.24) is 20.3 Å². The predicted molar refractivity (Wildman–Crippen MR) is 64.4 cm³/mol. The van der Waals surface area contributed by atoms with Crippen LogP contribution in [0.3, 0.4) is 0 Å². The van der Waals surface area contributed by atoms with Crippen molar-refractivity contribution in [2.75, 3.05) is 19.7 Å². The lowest BCUT2D eigenvalue weighted by molar-refractivity contribution is 0.0167. The molecule has 0 saturated carbocycles. The smallest absolute Gasteiger partial charge is 0.0964 e. The monoisotopic (exact) mass is 239 g/mol. The van der Waals surface area contributed by atoms with Crippen molar-refractivity contribution < 1.29 is 4.74 Å². The molecule has 0 aliphatic carbocycles. The number of hydrogen-bond acceptors (Lipinski definition) is 5. The van der Waals surface area contributed by atoms with Crippen LogP contribution in [0, 0.1) is 0 Å². The van der Waals surface area contributed by atoms with E-state index in [4.69, 9.17) is 10.5 Å². The summed E-state index contributed by atoms with van der Waals surface area (Å²) < 4.78 is 7.41. The Morgan fingerprint density at radius 1 is 1.53 bits per heavy atom. The first-order chi connectivity index (χ1) is 8.38. The molecule has 6 heteroatoms. The number of hydrogen-bond donors (Lipinski definition) is 2. The SMILES string of the molecule is NCCn1cc(CNCC2CCCCO2)nn1. The van der Waals surface area contributed by atoms with Crippen molar-refractivity contribution >= 4 is 0 Å². The van der Waals surface area contributed by atoms with E-state index in [1.165, 1.54) is 12.8 Å². The molecule has 1 aromatic heterocycles. The molecule has 6 nitrogen and oxygen atoms in total. The first-order valence-electron chi connectivity index (χ1n) is 6.30. The molecule has 1 aliphatic heterocycles. The molecule has 3 N–H and O–H groups in total. The number of ether oxygens (including phenoxy) is 1. The number of aromatic nitrogens is 3. The third kappa shape index (κ3) is 4.07. The van der Waals surface area contributed by atoms with Gasteiger partial charge >= 0.3 is 0 Å². The second-order valence-electron chi connectivity index (χ2n) is 4.38. The quantitative estimate of drug-likeness (QED) is 0.724. The Kier molecular flexibility index (Phi) is 4.90. The molecule has 2 heterocycles. The van der Waals surface area contributed by atoms with Crippen LogP contribution in [0.15, 0.2) is 6.20 Å². The zero-order valence-electron chi connectivity index (χ0n) is 10.1. The second kappa shape index (κ2) is 6.68. The Morgan fingerprint density at radius 2 is 2.47 bits per heavy atom. The van der Waals surface area contributed by atoms with Gasteiger partial charge in [-0.05, 0) is 19.3 Å². The van der Waals surface area contributed by atoms with Crippen LogP contribution in [0.5, 0.6) is 0 Å². The van der Waals surface area contributed by atoms with E-state index in [-0.39, 0.29) is 0 Å². The van der Waals surface area contributed by atoms with Crippen molar-refractivity contribution in [2.24, 2.45) is 5.73 Å². The summed E-state index contributed by atoms with van der Waals surface area (Å²) in [5, 5.41) is 11.4. The number of nitrogens with two attached hydrogens (primary N) is 1. The fourth-order valence-electron chi connectivity index (χ4n) is 1.99. The average Bonchev–Trinajstić information content (AvgIpc) is 2.79. The lowest BCUT2D eigenvalue weighted by atomic mass is 10.1. The van der Waals surface area contributed by atoms with E-state index >= 15 is 0 Å². The summed E-state index contributed by atoms with van der Waals surface area (Å²) >= 11 is 0. The molecular weight excluding hydrogens is 218 g/mol. The largest absolute Gasteiger partial charge is 0.377 e. The van der Waals surface area contributed by atoms with Gasteiger partial charge in [0.05, 0.1) is 18.3 Å². The van der Waals surface area contributed by atoms with Crippen LogP contribution in [0.1, 0.15) is 25.0 Å². The highest BCUT2D eigenvalue weighted by Crippen LogP contribution is 2.11. The molecule has 0 spiro atoms. The molecule has 0 radical (unpaired) electrons. The summed E-state index contributed by atoms with van der Waals surface area (Å²) in [6.07, 6.45) is 5.93. The summed E-state index contributed by atoms with van der Waals surface area (Å²) in [6.45, 7) is 3.85. The standard InChI is InChI=1S/C11H21N5O/c12-4-5-16-9-10(14-15-16)7-13-8-11-3-1-2-6-17-11/h9,11,13H,1-8,12H2. The molecule has 0 bridgehead atoms. The maximum atomic E-state index is 5.64. The van der Waals surface area contributed by atoms with Gasteiger partial charge in [0, 0.05) is 32.4 Å². The summed E-state index contributed by atoms with van der Waals surface area (Å²) in [5.74, 6) is 0. The van der Waals surface area contributed by atoms with Gasteiger partial charge in [-0.1, -0.05) is 5.21 Å². The predicted octanol–water partition coefficient (Wildman–Crippen LogP) is -0.105. The van der Waals surface area contributed by atoms with Crippen LogP contribution in [0.2, 0.25) is 0 Å². The van der Waals surface area contributed by atoms with Crippen molar-refractivity contribution in [2.45, 2.75) is 38.5 Å². The molecule has 1 aromatic rings. The summed E-state index contributed by atoms with van der Waals surface area (Å²) in [6, 6.07) is 0. The minimum atomic E-state index is 0.364. The Balaban J connectivity index is 1.66. The van der Waals surface area contributed by atoms with Crippen LogP contribution < -0.4 is 11.1 Å². The van der Waals surface area contributed by atoms with E-state index in [9.17, 15) is 0 Å². The minimum Gasteiger partial charge on any atom is -0.377 e. The Labute approximate surface area is 102 Å². The summed E-state index contributed by atoms with van der Waals surface area (Å²) in [7, 11) is 0. The fraction of sp³-hybridized carbons (Fsp3) is 0.818. The normalized spacial score (nSPS) is 20.6. The highest BCUT2D eigenvalue weighted by atomic mass is 16.5. The Morgan fingerprint density at radius 3 is 3.24 bits per heavy atom. The molecule has 0 amide bonds. The fourth-order valence-corrected chi connectivity index (χ4v) is 1.99. The average molecular weight is 239 g/mol. The van der Waals surface area contributed by atoms with Gasteiger partial charge in [0.25, 0.3) is 0 Å². The molecule has 1 aliphatic rings. The lowest BCUT2D eigenvalue weighted by Crippen LogP contribution is -2.31. The van der Waals surface area contributed by atoms with Gasteiger partial charge in [-0.15, -0.1) is 5.10 Å². The van der Waals surface area contributed by atoms with Gasteiger partial charge in [0.15, 0.2) is 0 Å². The molecular formula is C11H21N5O. The van der Waals surface area contributed by atoms with Crippen LogP contribution >= 0.6 is 0 Å². The minimum absolute atomic E-state index is 0.364. The van der Waals surface area contributed by atoms with Crippen LogP contribution in [-0.4, -0.2) is 40.8 Å². The van der Waals surface area contributed by atoms with Crippen molar-refractivity contribution in [3.8, 4) is 0 Å². The van der Waals surface area contributed by atoms with Gasteiger partial charge in [0.2, 0.25) is 0 Å². The second-order valence-corrected chi connectivity index (χ2v) is 4.38. The van der Waals surface area contributed by atoms with Gasteiger partial charge in [-0.2, -0.15) is 0 Å². The van der Waals surface area contributed by atoms with E-state index in [1.807, 2.05) is 6.20 Å². The van der Waals surface area contributed by atoms with Gasteiger partial charge in [0.1, 0.15) is 0 Å². The molecule has 0 aromatic carbocycles. The van der Waals surface area contributed by atoms with Crippen LogP contribution in [0.25, 0.3) is 0 Å². The maximum absolute atomic E-state index is 5.64. The molecule has 96 valence electrons. The topological polar surface area (TPSA) is 78.0 Å².